The summed E-state index contributed by atoms with van der Waals surface area (Å²) in [6.07, 6.45) is 0.176. The first-order valence-electron chi connectivity index (χ1n) is 7.82. The SMILES string of the molecule is COc1ccc(C)cc1CC(=O)N(C)CC(=O)Nc1ccc(Cl)cc1. The van der Waals surface area contributed by atoms with E-state index in [4.69, 9.17) is 16.3 Å². The average Bonchev–Trinajstić information content (AvgIpc) is 2.57. The number of nitrogens with one attached hydrogen (secondary N) is 1. The molecule has 2 aromatic rings. The summed E-state index contributed by atoms with van der Waals surface area (Å²) in [4.78, 5) is 25.9. The Morgan fingerprint density at radius 1 is 1.16 bits per heavy atom. The number of hydrogen-bond donors (Lipinski definition) is 1. The number of amides is 2. The zero-order valence-corrected chi connectivity index (χ0v) is 15.3. The monoisotopic (exact) mass is 360 g/mol. The maximum atomic E-state index is 12.4. The van der Waals surface area contributed by atoms with Crippen LogP contribution in [0.1, 0.15) is 11.1 Å². The fourth-order valence-corrected chi connectivity index (χ4v) is 2.51. The number of benzene rings is 2. The number of rotatable bonds is 6. The molecule has 0 fully saturated rings. The molecule has 0 radical (unpaired) electrons. The number of nitrogens with zero attached hydrogens (tertiary/aromatic N) is 1. The highest BCUT2D eigenvalue weighted by atomic mass is 35.5. The maximum absolute atomic E-state index is 12.4. The quantitative estimate of drug-likeness (QED) is 0.859. The molecular formula is C19H21ClN2O3. The van der Waals surface area contributed by atoms with E-state index in [1.165, 1.54) is 4.90 Å². The van der Waals surface area contributed by atoms with Gasteiger partial charge < -0.3 is 15.0 Å². The van der Waals surface area contributed by atoms with E-state index in [0.29, 0.717) is 16.5 Å². The van der Waals surface area contributed by atoms with Crippen molar-refractivity contribution in [1.29, 1.82) is 0 Å². The second-order valence-corrected chi connectivity index (χ2v) is 6.23. The number of anilines is 1. The van der Waals surface area contributed by atoms with Crippen molar-refractivity contribution in [3.8, 4) is 5.75 Å². The van der Waals surface area contributed by atoms with Crippen LogP contribution < -0.4 is 10.1 Å². The highest BCUT2D eigenvalue weighted by Crippen LogP contribution is 2.20. The number of ether oxygens (including phenoxy) is 1. The molecule has 0 aromatic heterocycles. The Kier molecular flexibility index (Phi) is 6.42. The van der Waals surface area contributed by atoms with Crippen LogP contribution in [0.3, 0.4) is 0 Å². The van der Waals surface area contributed by atoms with Gasteiger partial charge in [-0.05, 0) is 37.3 Å². The standard InChI is InChI=1S/C19H21ClN2O3/c1-13-4-9-17(25-3)14(10-13)11-19(24)22(2)12-18(23)21-16-7-5-15(20)6-8-16/h4-10H,11-12H2,1-3H3,(H,21,23). The van der Waals surface area contributed by atoms with Gasteiger partial charge in [0.25, 0.3) is 0 Å². The molecule has 0 aliphatic heterocycles. The molecule has 0 spiro atoms. The lowest BCUT2D eigenvalue weighted by Gasteiger charge is -2.18. The largest absolute Gasteiger partial charge is 0.496 e. The molecule has 0 heterocycles. The van der Waals surface area contributed by atoms with Crippen LogP contribution in [0.5, 0.6) is 5.75 Å². The fraction of sp³-hybridized carbons (Fsp3) is 0.263. The van der Waals surface area contributed by atoms with Crippen LogP contribution in [0.25, 0.3) is 0 Å². The maximum Gasteiger partial charge on any atom is 0.243 e. The van der Waals surface area contributed by atoms with Crippen LogP contribution >= 0.6 is 11.6 Å². The van der Waals surface area contributed by atoms with E-state index in [0.717, 1.165) is 11.1 Å². The molecule has 2 amide bonds. The highest BCUT2D eigenvalue weighted by Gasteiger charge is 2.16. The van der Waals surface area contributed by atoms with Gasteiger partial charge in [-0.3, -0.25) is 9.59 Å². The molecule has 25 heavy (non-hydrogen) atoms. The molecule has 0 unspecified atom stereocenters. The molecule has 0 atom stereocenters. The Morgan fingerprint density at radius 3 is 2.48 bits per heavy atom. The average molecular weight is 361 g/mol. The van der Waals surface area contributed by atoms with Crippen LogP contribution in [-0.4, -0.2) is 37.4 Å². The minimum atomic E-state index is -0.269. The van der Waals surface area contributed by atoms with Gasteiger partial charge in [0.2, 0.25) is 11.8 Å². The van der Waals surface area contributed by atoms with Crippen LogP contribution in [-0.2, 0) is 16.0 Å². The van der Waals surface area contributed by atoms with Gasteiger partial charge in [-0.1, -0.05) is 29.3 Å². The van der Waals surface area contributed by atoms with Gasteiger partial charge in [0.15, 0.2) is 0 Å². The molecular weight excluding hydrogens is 340 g/mol. The van der Waals surface area contributed by atoms with Crippen molar-refractivity contribution in [2.45, 2.75) is 13.3 Å². The number of halogens is 1. The van der Waals surface area contributed by atoms with E-state index in [-0.39, 0.29) is 24.8 Å². The van der Waals surface area contributed by atoms with Gasteiger partial charge in [0, 0.05) is 23.3 Å². The summed E-state index contributed by atoms with van der Waals surface area (Å²) in [6.45, 7) is 1.92. The van der Waals surface area contributed by atoms with Crippen molar-refractivity contribution in [3.63, 3.8) is 0 Å². The van der Waals surface area contributed by atoms with Crippen molar-refractivity contribution >= 4 is 29.1 Å². The number of carbonyl (C=O) groups excluding carboxylic acids is 2. The van der Waals surface area contributed by atoms with Crippen molar-refractivity contribution in [3.05, 3.63) is 58.6 Å². The summed E-state index contributed by atoms with van der Waals surface area (Å²) < 4.78 is 5.29. The summed E-state index contributed by atoms with van der Waals surface area (Å²) >= 11 is 5.81. The summed E-state index contributed by atoms with van der Waals surface area (Å²) in [5.74, 6) is 0.238. The molecule has 0 aliphatic rings. The number of hydrogen-bond acceptors (Lipinski definition) is 3. The van der Waals surface area contributed by atoms with Gasteiger partial charge in [0.05, 0.1) is 20.1 Å². The number of aryl methyl sites for hydroxylation is 1. The van der Waals surface area contributed by atoms with Crippen LogP contribution in [0.4, 0.5) is 5.69 Å². The van der Waals surface area contributed by atoms with E-state index in [9.17, 15) is 9.59 Å². The minimum absolute atomic E-state index is 0.0322. The summed E-state index contributed by atoms with van der Waals surface area (Å²) in [6, 6.07) is 12.5. The second kappa shape index (κ2) is 8.53. The Hall–Kier alpha value is -2.53. The second-order valence-electron chi connectivity index (χ2n) is 5.80. The molecule has 2 aromatic carbocycles. The van der Waals surface area contributed by atoms with Gasteiger partial charge in [-0.15, -0.1) is 0 Å². The number of carbonyl (C=O) groups is 2. The Balaban J connectivity index is 1.94. The normalized spacial score (nSPS) is 10.2. The third-order valence-corrected chi connectivity index (χ3v) is 3.96. The molecule has 0 bridgehead atoms. The first kappa shape index (κ1) is 18.8. The lowest BCUT2D eigenvalue weighted by molar-refractivity contribution is -0.132. The van der Waals surface area contributed by atoms with Crippen molar-refractivity contribution < 1.29 is 14.3 Å². The number of methoxy groups -OCH3 is 1. The first-order chi connectivity index (χ1) is 11.9. The van der Waals surface area contributed by atoms with E-state index >= 15 is 0 Å². The van der Waals surface area contributed by atoms with Crippen molar-refractivity contribution in [2.75, 3.05) is 26.0 Å². The molecule has 0 saturated heterocycles. The predicted molar refractivity (Wildman–Crippen MR) is 99.2 cm³/mol. The van der Waals surface area contributed by atoms with Gasteiger partial charge >= 0.3 is 0 Å². The van der Waals surface area contributed by atoms with Crippen LogP contribution in [0.15, 0.2) is 42.5 Å². The molecule has 0 aliphatic carbocycles. The van der Waals surface area contributed by atoms with Crippen LogP contribution in [0, 0.1) is 6.92 Å². The number of likely N-dealkylation sites (N-methyl/N-ethyl adjacent to an activating group) is 1. The molecule has 132 valence electrons. The van der Waals surface area contributed by atoms with Crippen molar-refractivity contribution in [2.24, 2.45) is 0 Å². The fourth-order valence-electron chi connectivity index (χ4n) is 2.38. The lowest BCUT2D eigenvalue weighted by Crippen LogP contribution is -2.35. The smallest absolute Gasteiger partial charge is 0.243 e. The minimum Gasteiger partial charge on any atom is -0.496 e. The van der Waals surface area contributed by atoms with Gasteiger partial charge in [-0.25, -0.2) is 0 Å². The first-order valence-corrected chi connectivity index (χ1v) is 8.19. The van der Waals surface area contributed by atoms with E-state index in [2.05, 4.69) is 5.32 Å². The predicted octanol–water partition coefficient (Wildman–Crippen LogP) is 3.30. The Labute approximate surface area is 152 Å². The van der Waals surface area contributed by atoms with Crippen LogP contribution in [0.2, 0.25) is 5.02 Å². The zero-order valence-electron chi connectivity index (χ0n) is 14.5. The van der Waals surface area contributed by atoms with Crippen molar-refractivity contribution in [1.82, 2.24) is 4.90 Å². The summed E-state index contributed by atoms with van der Waals surface area (Å²) in [5.41, 5.74) is 2.49. The van der Waals surface area contributed by atoms with Gasteiger partial charge in [-0.2, -0.15) is 0 Å². The third-order valence-electron chi connectivity index (χ3n) is 3.71. The zero-order chi connectivity index (χ0) is 18.4. The Bertz CT molecular complexity index is 760. The molecule has 5 nitrogen and oxygen atoms in total. The van der Waals surface area contributed by atoms with E-state index in [1.54, 1.807) is 38.4 Å². The molecule has 0 saturated carbocycles. The molecule has 6 heteroatoms. The topological polar surface area (TPSA) is 58.6 Å². The summed E-state index contributed by atoms with van der Waals surface area (Å²) in [5, 5.41) is 3.33. The molecule has 2 rings (SSSR count). The van der Waals surface area contributed by atoms with E-state index in [1.807, 2.05) is 25.1 Å². The van der Waals surface area contributed by atoms with E-state index < -0.39 is 0 Å². The third kappa shape index (κ3) is 5.50. The Morgan fingerprint density at radius 2 is 1.84 bits per heavy atom. The summed E-state index contributed by atoms with van der Waals surface area (Å²) in [7, 11) is 3.17. The molecule has 1 N–H and O–H groups in total. The van der Waals surface area contributed by atoms with Gasteiger partial charge in [0.1, 0.15) is 5.75 Å². The lowest BCUT2D eigenvalue weighted by atomic mass is 10.1. The highest BCUT2D eigenvalue weighted by molar-refractivity contribution is 6.30.